The zero-order valence-corrected chi connectivity index (χ0v) is 11.4. The maximum absolute atomic E-state index is 11.9. The summed E-state index contributed by atoms with van der Waals surface area (Å²) in [5.41, 5.74) is 2.68. The van der Waals surface area contributed by atoms with Crippen LogP contribution in [0.3, 0.4) is 0 Å². The third-order valence-corrected chi connectivity index (χ3v) is 3.15. The van der Waals surface area contributed by atoms with Gasteiger partial charge in [-0.3, -0.25) is 0 Å². The second kappa shape index (κ2) is 5.63. The summed E-state index contributed by atoms with van der Waals surface area (Å²) in [4.78, 5) is 16.7. The van der Waals surface area contributed by atoms with Crippen LogP contribution in [0.2, 0.25) is 0 Å². The molecule has 2 aromatic rings. The molecular weight excluding hydrogens is 266 g/mol. The van der Waals surface area contributed by atoms with Crippen molar-refractivity contribution in [1.29, 1.82) is 0 Å². The summed E-state index contributed by atoms with van der Waals surface area (Å²) in [6.45, 7) is 0. The number of carbonyl (C=O) groups is 1. The Bertz CT molecular complexity index is 733. The Hall–Kier alpha value is -2.88. The molecule has 4 nitrogen and oxygen atoms in total. The average molecular weight is 279 g/mol. The van der Waals surface area contributed by atoms with Crippen molar-refractivity contribution >= 4 is 17.8 Å². The van der Waals surface area contributed by atoms with Gasteiger partial charge in [0, 0.05) is 5.56 Å². The Morgan fingerprint density at radius 1 is 1.10 bits per heavy atom. The monoisotopic (exact) mass is 279 g/mol. The number of rotatable bonds is 3. The van der Waals surface area contributed by atoms with Crippen LogP contribution in [0, 0.1) is 0 Å². The van der Waals surface area contributed by atoms with Gasteiger partial charge < -0.3 is 9.57 Å². The Morgan fingerprint density at radius 2 is 1.90 bits per heavy atom. The smallest absolute Gasteiger partial charge is 0.368 e. The maximum Gasteiger partial charge on any atom is 0.368 e. The first kappa shape index (κ1) is 13.1. The largest absolute Gasteiger partial charge is 0.497 e. The first-order chi connectivity index (χ1) is 10.3. The van der Waals surface area contributed by atoms with Gasteiger partial charge in [0.15, 0.2) is 0 Å². The number of carbonyl (C=O) groups excluding carboxylic acids is 1. The highest BCUT2D eigenvalue weighted by atomic mass is 16.7. The molecule has 1 aliphatic rings. The molecule has 0 bridgehead atoms. The van der Waals surface area contributed by atoms with Crippen molar-refractivity contribution in [2.75, 3.05) is 7.11 Å². The van der Waals surface area contributed by atoms with Gasteiger partial charge in [-0.25, -0.2) is 4.79 Å². The van der Waals surface area contributed by atoms with Crippen molar-refractivity contribution in [2.45, 2.75) is 0 Å². The fraction of sp³-hybridized carbons (Fsp3) is 0.0588. The first-order valence-electron chi connectivity index (χ1n) is 6.49. The standard InChI is InChI=1S/C17H13NO3/c1-20-14-9-5-6-12(10-14)11-15-16(18-21-17(15)19)13-7-3-2-4-8-13/h2-11H,1H3/b15-11-. The van der Waals surface area contributed by atoms with E-state index in [1.807, 2.05) is 54.6 Å². The molecule has 0 saturated carbocycles. The molecule has 4 heteroatoms. The highest BCUT2D eigenvalue weighted by Gasteiger charge is 2.26. The summed E-state index contributed by atoms with van der Waals surface area (Å²) in [5.74, 6) is 0.283. The molecule has 0 aromatic heterocycles. The molecule has 1 aliphatic heterocycles. The van der Waals surface area contributed by atoms with E-state index < -0.39 is 5.97 Å². The van der Waals surface area contributed by atoms with E-state index in [0.717, 1.165) is 16.9 Å². The summed E-state index contributed by atoms with van der Waals surface area (Å²) >= 11 is 0. The predicted octanol–water partition coefficient (Wildman–Crippen LogP) is 3.04. The summed E-state index contributed by atoms with van der Waals surface area (Å²) in [6.07, 6.45) is 1.75. The van der Waals surface area contributed by atoms with E-state index in [2.05, 4.69) is 5.16 Å². The van der Waals surface area contributed by atoms with Gasteiger partial charge in [-0.15, -0.1) is 0 Å². The van der Waals surface area contributed by atoms with Gasteiger partial charge in [0.1, 0.15) is 11.5 Å². The van der Waals surface area contributed by atoms with Crippen molar-refractivity contribution in [3.63, 3.8) is 0 Å². The molecule has 0 spiro atoms. The van der Waals surface area contributed by atoms with Crippen LogP contribution in [0.1, 0.15) is 11.1 Å². The Labute approximate surface area is 122 Å². The van der Waals surface area contributed by atoms with Crippen LogP contribution in [-0.4, -0.2) is 18.8 Å². The Balaban J connectivity index is 2.00. The lowest BCUT2D eigenvalue weighted by atomic mass is 10.0. The van der Waals surface area contributed by atoms with E-state index >= 15 is 0 Å². The Morgan fingerprint density at radius 3 is 2.67 bits per heavy atom. The van der Waals surface area contributed by atoms with Crippen LogP contribution < -0.4 is 4.74 Å². The predicted molar refractivity (Wildman–Crippen MR) is 80.0 cm³/mol. The lowest BCUT2D eigenvalue weighted by Crippen LogP contribution is -2.06. The summed E-state index contributed by atoms with van der Waals surface area (Å²) in [5, 5.41) is 3.87. The van der Waals surface area contributed by atoms with Crippen molar-refractivity contribution in [3.05, 3.63) is 71.3 Å². The number of nitrogens with zero attached hydrogens (tertiary/aromatic N) is 1. The normalized spacial score (nSPS) is 15.8. The number of oxime groups is 1. The van der Waals surface area contributed by atoms with Gasteiger partial charge in [-0.2, -0.15) is 0 Å². The lowest BCUT2D eigenvalue weighted by Gasteiger charge is -2.02. The molecule has 0 fully saturated rings. The molecule has 3 rings (SSSR count). The van der Waals surface area contributed by atoms with Crippen molar-refractivity contribution < 1.29 is 14.4 Å². The van der Waals surface area contributed by atoms with Crippen LogP contribution in [0.15, 0.2) is 65.3 Å². The summed E-state index contributed by atoms with van der Waals surface area (Å²) < 4.78 is 5.18. The molecule has 0 unspecified atom stereocenters. The number of methoxy groups -OCH3 is 1. The molecule has 0 N–H and O–H groups in total. The van der Waals surface area contributed by atoms with Crippen LogP contribution in [0.5, 0.6) is 5.75 Å². The summed E-state index contributed by atoms with van der Waals surface area (Å²) in [7, 11) is 1.60. The van der Waals surface area contributed by atoms with Crippen molar-refractivity contribution in [2.24, 2.45) is 5.16 Å². The number of hydrogen-bond donors (Lipinski definition) is 0. The van der Waals surface area contributed by atoms with E-state index in [-0.39, 0.29) is 0 Å². The zero-order valence-electron chi connectivity index (χ0n) is 11.4. The van der Waals surface area contributed by atoms with E-state index in [9.17, 15) is 4.79 Å². The molecule has 104 valence electrons. The van der Waals surface area contributed by atoms with Crippen LogP contribution in [0.4, 0.5) is 0 Å². The first-order valence-corrected chi connectivity index (χ1v) is 6.49. The highest BCUT2D eigenvalue weighted by Crippen LogP contribution is 2.22. The quantitative estimate of drug-likeness (QED) is 0.641. The minimum atomic E-state index is -0.448. The molecule has 0 aliphatic carbocycles. The average Bonchev–Trinajstić information content (AvgIpc) is 2.89. The zero-order chi connectivity index (χ0) is 14.7. The molecule has 0 amide bonds. The molecule has 0 radical (unpaired) electrons. The van der Waals surface area contributed by atoms with Gasteiger partial charge in [0.25, 0.3) is 0 Å². The summed E-state index contributed by atoms with van der Waals surface area (Å²) in [6, 6.07) is 16.9. The van der Waals surface area contributed by atoms with Crippen LogP contribution >= 0.6 is 0 Å². The second-order valence-corrected chi connectivity index (χ2v) is 4.52. The van der Waals surface area contributed by atoms with Crippen molar-refractivity contribution in [1.82, 2.24) is 0 Å². The molecule has 21 heavy (non-hydrogen) atoms. The number of ether oxygens (including phenoxy) is 1. The van der Waals surface area contributed by atoms with E-state index in [4.69, 9.17) is 9.57 Å². The molecular formula is C17H13NO3. The van der Waals surface area contributed by atoms with Gasteiger partial charge >= 0.3 is 5.97 Å². The van der Waals surface area contributed by atoms with Crippen molar-refractivity contribution in [3.8, 4) is 5.75 Å². The van der Waals surface area contributed by atoms with Crippen LogP contribution in [-0.2, 0) is 9.63 Å². The number of benzene rings is 2. The number of hydrogen-bond acceptors (Lipinski definition) is 4. The van der Waals surface area contributed by atoms with Gasteiger partial charge in [0.05, 0.1) is 12.7 Å². The van der Waals surface area contributed by atoms with E-state index in [0.29, 0.717) is 11.3 Å². The molecule has 0 atom stereocenters. The molecule has 1 heterocycles. The highest BCUT2D eigenvalue weighted by molar-refractivity contribution is 6.31. The third kappa shape index (κ3) is 2.69. The van der Waals surface area contributed by atoms with Gasteiger partial charge in [-0.05, 0) is 23.8 Å². The lowest BCUT2D eigenvalue weighted by molar-refractivity contribution is -0.136. The molecule has 0 saturated heterocycles. The van der Waals surface area contributed by atoms with Crippen LogP contribution in [0.25, 0.3) is 6.08 Å². The van der Waals surface area contributed by atoms with Gasteiger partial charge in [-0.1, -0.05) is 47.6 Å². The second-order valence-electron chi connectivity index (χ2n) is 4.52. The minimum Gasteiger partial charge on any atom is -0.497 e. The topological polar surface area (TPSA) is 47.9 Å². The Kier molecular flexibility index (Phi) is 3.51. The fourth-order valence-corrected chi connectivity index (χ4v) is 2.11. The van der Waals surface area contributed by atoms with E-state index in [1.165, 1.54) is 0 Å². The maximum atomic E-state index is 11.9. The third-order valence-electron chi connectivity index (χ3n) is 3.15. The van der Waals surface area contributed by atoms with Gasteiger partial charge in [0.2, 0.25) is 0 Å². The minimum absolute atomic E-state index is 0.439. The SMILES string of the molecule is COc1cccc(/C=C2\C(=O)ON=C2c2ccccc2)c1. The molecule has 2 aromatic carbocycles. The fourth-order valence-electron chi connectivity index (χ4n) is 2.11. The van der Waals surface area contributed by atoms with E-state index in [1.54, 1.807) is 13.2 Å².